The molecule has 0 unspecified atom stereocenters. The Morgan fingerprint density at radius 2 is 1.43 bits per heavy atom. The number of carbonyl (C=O) groups is 2. The van der Waals surface area contributed by atoms with E-state index >= 15 is 0 Å². The van der Waals surface area contributed by atoms with Crippen LogP contribution < -0.4 is 9.62 Å². The van der Waals surface area contributed by atoms with E-state index < -0.39 is 34.3 Å². The summed E-state index contributed by atoms with van der Waals surface area (Å²) in [6.45, 7) is 5.26. The topological polar surface area (TPSA) is 86.8 Å². The number of hydrogen-bond acceptors (Lipinski definition) is 4. The molecule has 0 bridgehead atoms. The number of anilines is 1. The van der Waals surface area contributed by atoms with Gasteiger partial charge in [0.05, 0.1) is 10.6 Å². The number of aryl methyl sites for hydroxylation is 1. The largest absolute Gasteiger partial charge is 0.352 e. The van der Waals surface area contributed by atoms with E-state index in [0.717, 1.165) is 33.1 Å². The molecule has 230 valence electrons. The average molecular weight is 616 g/mol. The monoisotopic (exact) mass is 615 g/mol. The van der Waals surface area contributed by atoms with E-state index in [-0.39, 0.29) is 35.5 Å². The summed E-state index contributed by atoms with van der Waals surface area (Å²) >= 11 is 0. The van der Waals surface area contributed by atoms with Gasteiger partial charge in [0, 0.05) is 19.0 Å². The van der Waals surface area contributed by atoms with E-state index in [1.165, 1.54) is 29.2 Å². The van der Waals surface area contributed by atoms with Gasteiger partial charge in [-0.3, -0.25) is 13.9 Å². The third-order valence-corrected chi connectivity index (χ3v) is 9.39. The van der Waals surface area contributed by atoms with Gasteiger partial charge in [0.2, 0.25) is 11.8 Å². The molecule has 44 heavy (non-hydrogen) atoms. The highest BCUT2D eigenvalue weighted by Crippen LogP contribution is 2.25. The summed E-state index contributed by atoms with van der Waals surface area (Å²) in [4.78, 5) is 29.8. The molecule has 9 heteroatoms. The minimum atomic E-state index is -4.24. The van der Waals surface area contributed by atoms with E-state index in [1.54, 1.807) is 18.2 Å². The maximum atomic E-state index is 14.4. The van der Waals surface area contributed by atoms with Gasteiger partial charge in [0.25, 0.3) is 10.0 Å². The third-order valence-electron chi connectivity index (χ3n) is 7.60. The zero-order valence-electron chi connectivity index (χ0n) is 25.2. The summed E-state index contributed by atoms with van der Waals surface area (Å²) < 4.78 is 42.8. The zero-order chi connectivity index (χ0) is 31.7. The number of rotatable bonds is 13. The van der Waals surface area contributed by atoms with Crippen LogP contribution in [-0.4, -0.2) is 43.8 Å². The van der Waals surface area contributed by atoms with Crippen molar-refractivity contribution in [2.24, 2.45) is 0 Å². The van der Waals surface area contributed by atoms with Gasteiger partial charge in [-0.25, -0.2) is 12.8 Å². The van der Waals surface area contributed by atoms with Crippen molar-refractivity contribution in [1.82, 2.24) is 10.2 Å². The summed E-state index contributed by atoms with van der Waals surface area (Å²) in [5, 5.41) is 3.03. The molecular formula is C35H38FN3O4S. The van der Waals surface area contributed by atoms with E-state index in [0.29, 0.717) is 6.42 Å². The lowest BCUT2D eigenvalue weighted by Crippen LogP contribution is -2.54. The highest BCUT2D eigenvalue weighted by molar-refractivity contribution is 7.92. The SMILES string of the molecule is CC[C@H](C)NC(=O)[C@H](Cc1ccccc1)N(Cc1ccccc1C)C(=O)CN(c1ccc(F)cc1)S(=O)(=O)c1ccccc1. The molecule has 4 aromatic carbocycles. The first-order chi connectivity index (χ1) is 21.1. The first-order valence-corrected chi connectivity index (χ1v) is 16.1. The molecule has 0 radical (unpaired) electrons. The predicted molar refractivity (Wildman–Crippen MR) is 171 cm³/mol. The van der Waals surface area contributed by atoms with Crippen LogP contribution in [0, 0.1) is 12.7 Å². The van der Waals surface area contributed by atoms with Crippen molar-refractivity contribution in [2.45, 2.75) is 57.1 Å². The molecule has 0 heterocycles. The van der Waals surface area contributed by atoms with E-state index in [4.69, 9.17) is 0 Å². The fourth-order valence-electron chi connectivity index (χ4n) is 4.82. The second kappa shape index (κ2) is 14.8. The summed E-state index contributed by atoms with van der Waals surface area (Å²) in [5.41, 5.74) is 2.74. The van der Waals surface area contributed by atoms with Crippen LogP contribution in [0.4, 0.5) is 10.1 Å². The van der Waals surface area contributed by atoms with Gasteiger partial charge in [-0.1, -0.05) is 79.7 Å². The second-order valence-corrected chi connectivity index (χ2v) is 12.6. The van der Waals surface area contributed by atoms with Crippen molar-refractivity contribution < 1.29 is 22.4 Å². The third kappa shape index (κ3) is 8.11. The molecule has 0 aliphatic heterocycles. The zero-order valence-corrected chi connectivity index (χ0v) is 26.0. The fraction of sp³-hybridized carbons (Fsp3) is 0.257. The van der Waals surface area contributed by atoms with Gasteiger partial charge >= 0.3 is 0 Å². The summed E-state index contributed by atoms with van der Waals surface area (Å²) in [6, 6.07) is 28.6. The van der Waals surface area contributed by atoms with Crippen molar-refractivity contribution in [3.8, 4) is 0 Å². The van der Waals surface area contributed by atoms with Crippen molar-refractivity contribution in [3.05, 3.63) is 132 Å². The molecule has 4 rings (SSSR count). The number of benzene rings is 4. The molecule has 1 N–H and O–H groups in total. The Balaban J connectivity index is 1.80. The Bertz CT molecular complexity index is 1650. The van der Waals surface area contributed by atoms with Crippen LogP contribution in [0.2, 0.25) is 0 Å². The first kappa shape index (κ1) is 32.4. The Hall–Kier alpha value is -4.50. The number of halogens is 1. The molecule has 2 amide bonds. The number of carbonyl (C=O) groups excluding carboxylic acids is 2. The van der Waals surface area contributed by atoms with Gasteiger partial charge in [-0.05, 0) is 73.4 Å². The van der Waals surface area contributed by atoms with Crippen LogP contribution in [0.1, 0.15) is 37.0 Å². The second-order valence-electron chi connectivity index (χ2n) is 10.8. The maximum Gasteiger partial charge on any atom is 0.264 e. The number of nitrogens with zero attached hydrogens (tertiary/aromatic N) is 2. The molecule has 0 spiro atoms. The van der Waals surface area contributed by atoms with E-state index in [9.17, 15) is 22.4 Å². The molecule has 0 aliphatic rings. The Kier molecular flexibility index (Phi) is 10.9. The number of hydrogen-bond donors (Lipinski definition) is 1. The van der Waals surface area contributed by atoms with Crippen LogP contribution in [0.15, 0.2) is 114 Å². The van der Waals surface area contributed by atoms with E-state index in [1.807, 2.05) is 75.4 Å². The van der Waals surface area contributed by atoms with Gasteiger partial charge in [-0.2, -0.15) is 0 Å². The van der Waals surface area contributed by atoms with Crippen molar-refractivity contribution in [1.29, 1.82) is 0 Å². The molecule has 0 aromatic heterocycles. The van der Waals surface area contributed by atoms with Crippen molar-refractivity contribution >= 4 is 27.5 Å². The molecule has 2 atom stereocenters. The minimum absolute atomic E-state index is 0.0158. The Labute approximate surface area is 259 Å². The average Bonchev–Trinajstić information content (AvgIpc) is 3.03. The molecule has 4 aromatic rings. The highest BCUT2D eigenvalue weighted by Gasteiger charge is 2.35. The Morgan fingerprint density at radius 3 is 2.05 bits per heavy atom. The van der Waals surface area contributed by atoms with Gasteiger partial charge in [-0.15, -0.1) is 0 Å². The molecular weight excluding hydrogens is 577 g/mol. The Morgan fingerprint density at radius 1 is 0.841 bits per heavy atom. The molecule has 7 nitrogen and oxygen atoms in total. The smallest absolute Gasteiger partial charge is 0.264 e. The quantitative estimate of drug-likeness (QED) is 0.203. The number of nitrogens with one attached hydrogen (secondary N) is 1. The first-order valence-electron chi connectivity index (χ1n) is 14.6. The lowest BCUT2D eigenvalue weighted by atomic mass is 10.0. The lowest BCUT2D eigenvalue weighted by Gasteiger charge is -2.34. The fourth-order valence-corrected chi connectivity index (χ4v) is 6.26. The van der Waals surface area contributed by atoms with Crippen LogP contribution >= 0.6 is 0 Å². The van der Waals surface area contributed by atoms with Gasteiger partial charge in [0.1, 0.15) is 18.4 Å². The predicted octanol–water partition coefficient (Wildman–Crippen LogP) is 5.88. The minimum Gasteiger partial charge on any atom is -0.352 e. The van der Waals surface area contributed by atoms with Crippen LogP contribution in [0.5, 0.6) is 0 Å². The van der Waals surface area contributed by atoms with Gasteiger partial charge < -0.3 is 10.2 Å². The number of amides is 2. The summed E-state index contributed by atoms with van der Waals surface area (Å²) in [5.74, 6) is -1.44. The maximum absolute atomic E-state index is 14.4. The van der Waals surface area contributed by atoms with Crippen LogP contribution in [0.25, 0.3) is 0 Å². The summed E-state index contributed by atoms with van der Waals surface area (Å²) in [6.07, 6.45) is 0.923. The normalized spacial score (nSPS) is 12.6. The van der Waals surface area contributed by atoms with Crippen LogP contribution in [0.3, 0.4) is 0 Å². The lowest BCUT2D eigenvalue weighted by molar-refractivity contribution is -0.140. The standard InChI is InChI=1S/C35H38FN3O4S/c1-4-27(3)37-35(41)33(23-28-14-7-5-8-15-28)38(24-29-16-12-11-13-26(29)2)34(40)25-39(31-21-19-30(36)20-22-31)44(42,43)32-17-9-6-10-18-32/h5-22,27,33H,4,23-25H2,1-3H3,(H,37,41)/t27-,33-/m0/s1. The molecule has 0 aliphatic carbocycles. The van der Waals surface area contributed by atoms with E-state index in [2.05, 4.69) is 5.32 Å². The van der Waals surface area contributed by atoms with Gasteiger partial charge in [0.15, 0.2) is 0 Å². The highest BCUT2D eigenvalue weighted by atomic mass is 32.2. The number of sulfonamides is 1. The van der Waals surface area contributed by atoms with Crippen molar-refractivity contribution in [2.75, 3.05) is 10.8 Å². The van der Waals surface area contributed by atoms with Crippen LogP contribution in [-0.2, 0) is 32.6 Å². The summed E-state index contributed by atoms with van der Waals surface area (Å²) in [7, 11) is -4.24. The van der Waals surface area contributed by atoms with Crippen molar-refractivity contribution in [3.63, 3.8) is 0 Å². The molecule has 0 fully saturated rings. The molecule has 0 saturated heterocycles. The molecule has 0 saturated carbocycles.